The van der Waals surface area contributed by atoms with Crippen molar-refractivity contribution < 1.29 is 21.6 Å². The SMILES string of the molecule is NCCCCCc1nnc(SCC(N)=O)o1.[Cl-]. The summed E-state index contributed by atoms with van der Waals surface area (Å²) in [6.07, 6.45) is 3.81. The van der Waals surface area contributed by atoms with E-state index in [1.165, 1.54) is 0 Å². The molecule has 0 aromatic carbocycles. The molecule has 1 rings (SSSR count). The Morgan fingerprint density at radius 1 is 1.29 bits per heavy atom. The first kappa shape index (κ1) is 16.2. The van der Waals surface area contributed by atoms with Gasteiger partial charge in [-0.15, -0.1) is 10.2 Å². The predicted molar refractivity (Wildman–Crippen MR) is 60.8 cm³/mol. The van der Waals surface area contributed by atoms with Crippen LogP contribution in [0.2, 0.25) is 0 Å². The third-order valence-electron chi connectivity index (χ3n) is 1.88. The molecule has 1 heterocycles. The van der Waals surface area contributed by atoms with E-state index < -0.39 is 5.91 Å². The highest BCUT2D eigenvalue weighted by molar-refractivity contribution is 7.99. The molecule has 0 radical (unpaired) electrons. The molecule has 0 fully saturated rings. The number of rotatable bonds is 8. The second kappa shape index (κ2) is 9.26. The molecule has 17 heavy (non-hydrogen) atoms. The Kier molecular flexibility index (Phi) is 8.83. The maximum absolute atomic E-state index is 10.5. The van der Waals surface area contributed by atoms with E-state index in [4.69, 9.17) is 15.9 Å². The third kappa shape index (κ3) is 7.19. The van der Waals surface area contributed by atoms with E-state index in [1.807, 2.05) is 0 Å². The second-order valence-corrected chi connectivity index (χ2v) is 4.24. The number of primary amides is 1. The minimum atomic E-state index is -0.396. The first-order valence-corrected chi connectivity index (χ1v) is 6.14. The minimum absolute atomic E-state index is 0. The topological polar surface area (TPSA) is 108 Å². The average Bonchev–Trinajstić information content (AvgIpc) is 2.70. The summed E-state index contributed by atoms with van der Waals surface area (Å²) < 4.78 is 5.32. The fourth-order valence-corrected chi connectivity index (χ4v) is 1.65. The summed E-state index contributed by atoms with van der Waals surface area (Å²) in [5.41, 5.74) is 10.4. The first-order chi connectivity index (χ1) is 7.72. The Hall–Kier alpha value is -0.790. The van der Waals surface area contributed by atoms with Crippen molar-refractivity contribution in [3.63, 3.8) is 0 Å². The van der Waals surface area contributed by atoms with Crippen LogP contribution in [0.15, 0.2) is 9.64 Å². The van der Waals surface area contributed by atoms with Crippen molar-refractivity contribution in [2.45, 2.75) is 30.9 Å². The zero-order chi connectivity index (χ0) is 11.8. The van der Waals surface area contributed by atoms with Crippen LogP contribution >= 0.6 is 11.8 Å². The van der Waals surface area contributed by atoms with Gasteiger partial charge in [0.05, 0.1) is 5.75 Å². The summed E-state index contributed by atoms with van der Waals surface area (Å²) >= 11 is 1.16. The number of hydrogen-bond acceptors (Lipinski definition) is 6. The van der Waals surface area contributed by atoms with Crippen molar-refractivity contribution in [1.82, 2.24) is 10.2 Å². The maximum Gasteiger partial charge on any atom is 0.277 e. The first-order valence-electron chi connectivity index (χ1n) is 5.16. The summed E-state index contributed by atoms with van der Waals surface area (Å²) in [6.45, 7) is 0.712. The van der Waals surface area contributed by atoms with Crippen LogP contribution in [-0.4, -0.2) is 28.4 Å². The number of halogens is 1. The maximum atomic E-state index is 10.5. The van der Waals surface area contributed by atoms with E-state index in [-0.39, 0.29) is 18.2 Å². The van der Waals surface area contributed by atoms with Crippen LogP contribution in [-0.2, 0) is 11.2 Å². The van der Waals surface area contributed by atoms with E-state index >= 15 is 0 Å². The largest absolute Gasteiger partial charge is 1.00 e. The van der Waals surface area contributed by atoms with Gasteiger partial charge in [-0.25, -0.2) is 0 Å². The highest BCUT2D eigenvalue weighted by Gasteiger charge is 2.07. The quantitative estimate of drug-likeness (QED) is 0.397. The number of amides is 1. The molecule has 4 N–H and O–H groups in total. The van der Waals surface area contributed by atoms with E-state index in [9.17, 15) is 4.79 Å². The molecule has 98 valence electrons. The summed E-state index contributed by atoms with van der Waals surface area (Å²) in [7, 11) is 0. The number of nitrogens with two attached hydrogens (primary N) is 2. The van der Waals surface area contributed by atoms with Gasteiger partial charge in [-0.05, 0) is 19.4 Å². The summed E-state index contributed by atoms with van der Waals surface area (Å²) in [5, 5.41) is 8.07. The molecule has 0 aliphatic carbocycles. The number of hydrogen-bond donors (Lipinski definition) is 2. The van der Waals surface area contributed by atoms with E-state index in [2.05, 4.69) is 10.2 Å². The van der Waals surface area contributed by atoms with Gasteiger partial charge in [-0.2, -0.15) is 0 Å². The van der Waals surface area contributed by atoms with Crippen molar-refractivity contribution >= 4 is 17.7 Å². The molecule has 0 bridgehead atoms. The van der Waals surface area contributed by atoms with Gasteiger partial charge in [-0.3, -0.25) is 4.79 Å². The highest BCUT2D eigenvalue weighted by Crippen LogP contribution is 2.16. The van der Waals surface area contributed by atoms with Gasteiger partial charge >= 0.3 is 0 Å². The average molecular weight is 280 g/mol. The van der Waals surface area contributed by atoms with Gasteiger partial charge in [0.15, 0.2) is 0 Å². The van der Waals surface area contributed by atoms with Crippen molar-refractivity contribution in [2.24, 2.45) is 11.5 Å². The number of nitrogens with zero attached hydrogens (tertiary/aromatic N) is 2. The van der Waals surface area contributed by atoms with Crippen LogP contribution in [0.5, 0.6) is 0 Å². The Bertz CT molecular complexity index is 335. The van der Waals surface area contributed by atoms with Gasteiger partial charge < -0.3 is 28.3 Å². The molecule has 0 saturated carbocycles. The second-order valence-electron chi connectivity index (χ2n) is 3.32. The zero-order valence-corrected chi connectivity index (χ0v) is 11.0. The van der Waals surface area contributed by atoms with Gasteiger partial charge in [0.25, 0.3) is 5.22 Å². The Morgan fingerprint density at radius 2 is 2.06 bits per heavy atom. The van der Waals surface area contributed by atoms with Crippen molar-refractivity contribution in [3.05, 3.63) is 5.89 Å². The van der Waals surface area contributed by atoms with Crippen LogP contribution in [0.1, 0.15) is 25.2 Å². The van der Waals surface area contributed by atoms with Crippen LogP contribution in [0.25, 0.3) is 0 Å². The molecule has 0 atom stereocenters. The van der Waals surface area contributed by atoms with Crippen LogP contribution < -0.4 is 23.9 Å². The van der Waals surface area contributed by atoms with Gasteiger partial charge in [0, 0.05) is 6.42 Å². The number of aryl methyl sites for hydroxylation is 1. The van der Waals surface area contributed by atoms with Crippen LogP contribution in [0.4, 0.5) is 0 Å². The summed E-state index contributed by atoms with van der Waals surface area (Å²) in [5.74, 6) is 0.367. The van der Waals surface area contributed by atoms with Crippen molar-refractivity contribution in [3.8, 4) is 0 Å². The Morgan fingerprint density at radius 3 is 2.71 bits per heavy atom. The number of thioether (sulfide) groups is 1. The Labute approximate surface area is 110 Å². The lowest BCUT2D eigenvalue weighted by molar-refractivity contribution is -0.115. The fraction of sp³-hybridized carbons (Fsp3) is 0.667. The standard InChI is InChI=1S/C9H16N4O2S.ClH/c10-5-3-1-2-4-8-12-13-9(15-8)16-6-7(11)14;/h1-6,10H2,(H2,11,14);1H/p-1. The molecule has 8 heteroatoms. The number of carbonyl (C=O) groups is 1. The molecular formula is C9H16ClN4O2S-. The molecular weight excluding hydrogens is 264 g/mol. The van der Waals surface area contributed by atoms with Crippen molar-refractivity contribution in [1.29, 1.82) is 0 Å². The van der Waals surface area contributed by atoms with E-state index in [0.29, 0.717) is 17.7 Å². The predicted octanol–water partition coefficient (Wildman–Crippen LogP) is -2.68. The lowest BCUT2D eigenvalue weighted by Crippen LogP contribution is -3.00. The lowest BCUT2D eigenvalue weighted by atomic mass is 10.2. The van der Waals surface area contributed by atoms with Gasteiger partial charge in [0.2, 0.25) is 11.8 Å². The molecule has 0 spiro atoms. The number of carbonyl (C=O) groups excluding carboxylic acids is 1. The molecule has 0 aliphatic heterocycles. The number of aromatic nitrogens is 2. The fourth-order valence-electron chi connectivity index (χ4n) is 1.13. The highest BCUT2D eigenvalue weighted by atomic mass is 35.5. The van der Waals surface area contributed by atoms with Crippen LogP contribution in [0, 0.1) is 0 Å². The molecule has 1 aromatic heterocycles. The van der Waals surface area contributed by atoms with Crippen molar-refractivity contribution in [2.75, 3.05) is 12.3 Å². The lowest BCUT2D eigenvalue weighted by Gasteiger charge is -1.94. The molecule has 1 amide bonds. The normalized spacial score (nSPS) is 9.94. The van der Waals surface area contributed by atoms with E-state index in [0.717, 1.165) is 37.4 Å². The van der Waals surface area contributed by atoms with Crippen LogP contribution in [0.3, 0.4) is 0 Å². The minimum Gasteiger partial charge on any atom is -1.00 e. The third-order valence-corrected chi connectivity index (χ3v) is 2.72. The summed E-state index contributed by atoms with van der Waals surface area (Å²) in [6, 6.07) is 0. The molecule has 0 unspecified atom stereocenters. The monoisotopic (exact) mass is 279 g/mol. The smallest absolute Gasteiger partial charge is 0.277 e. The molecule has 0 aliphatic rings. The van der Waals surface area contributed by atoms with E-state index in [1.54, 1.807) is 0 Å². The molecule has 6 nitrogen and oxygen atoms in total. The molecule has 0 saturated heterocycles. The molecule has 1 aromatic rings. The Balaban J connectivity index is 0.00000256. The van der Waals surface area contributed by atoms with Gasteiger partial charge in [-0.1, -0.05) is 18.2 Å². The summed E-state index contributed by atoms with van der Waals surface area (Å²) in [4.78, 5) is 10.5. The van der Waals surface area contributed by atoms with Gasteiger partial charge in [0.1, 0.15) is 0 Å². The zero-order valence-electron chi connectivity index (χ0n) is 9.39. The number of unbranched alkanes of at least 4 members (excludes halogenated alkanes) is 2.